The zero-order valence-corrected chi connectivity index (χ0v) is 13.6. The molecule has 5 nitrogen and oxygen atoms in total. The maximum Gasteiger partial charge on any atom is 0.240 e. The van der Waals surface area contributed by atoms with Crippen molar-refractivity contribution >= 4 is 11.6 Å². The highest BCUT2D eigenvalue weighted by molar-refractivity contribution is 6.31. The number of nitrogens with zero attached hydrogens (tertiary/aromatic N) is 3. The standard InChI is InChI=1S/C15H21ClN4O/c1-10(2)7-17-8-12-6-13(16)15(18-9-12)21-14-5-11(3)19-20(14)4/h5-6,9-10,17H,7-8H2,1-4H3. The van der Waals surface area contributed by atoms with Crippen molar-refractivity contribution in [1.29, 1.82) is 0 Å². The number of hydrogen-bond acceptors (Lipinski definition) is 4. The number of halogens is 1. The van der Waals surface area contributed by atoms with Gasteiger partial charge in [0.1, 0.15) is 5.02 Å². The summed E-state index contributed by atoms with van der Waals surface area (Å²) in [6.07, 6.45) is 1.78. The van der Waals surface area contributed by atoms with Gasteiger partial charge in [-0.05, 0) is 31.0 Å². The minimum atomic E-state index is 0.396. The molecule has 1 N–H and O–H groups in total. The number of aromatic nitrogens is 3. The molecular weight excluding hydrogens is 288 g/mol. The van der Waals surface area contributed by atoms with Crippen molar-refractivity contribution in [2.24, 2.45) is 13.0 Å². The zero-order chi connectivity index (χ0) is 15.4. The molecule has 0 aromatic carbocycles. The third kappa shape index (κ3) is 4.44. The SMILES string of the molecule is Cc1cc(Oc2ncc(CNCC(C)C)cc2Cl)n(C)n1. The van der Waals surface area contributed by atoms with Crippen molar-refractivity contribution in [2.45, 2.75) is 27.3 Å². The third-order valence-corrected chi connectivity index (χ3v) is 3.18. The Balaban J connectivity index is 2.03. The molecule has 0 spiro atoms. The lowest BCUT2D eigenvalue weighted by Gasteiger charge is -2.09. The van der Waals surface area contributed by atoms with Crippen molar-refractivity contribution in [3.05, 3.63) is 34.6 Å². The van der Waals surface area contributed by atoms with E-state index in [9.17, 15) is 0 Å². The molecule has 114 valence electrons. The average molecular weight is 309 g/mol. The molecule has 0 amide bonds. The van der Waals surface area contributed by atoms with Gasteiger partial charge in [0, 0.05) is 25.9 Å². The van der Waals surface area contributed by atoms with Gasteiger partial charge >= 0.3 is 0 Å². The Kier molecular flexibility index (Phi) is 5.20. The fraction of sp³-hybridized carbons (Fsp3) is 0.467. The zero-order valence-electron chi connectivity index (χ0n) is 12.9. The van der Waals surface area contributed by atoms with Gasteiger partial charge in [-0.2, -0.15) is 5.10 Å². The predicted molar refractivity (Wildman–Crippen MR) is 83.8 cm³/mol. The van der Waals surface area contributed by atoms with E-state index in [0.29, 0.717) is 22.7 Å². The van der Waals surface area contributed by atoms with Crippen molar-refractivity contribution in [2.75, 3.05) is 6.54 Å². The molecule has 6 heteroatoms. The highest BCUT2D eigenvalue weighted by Gasteiger charge is 2.10. The summed E-state index contributed by atoms with van der Waals surface area (Å²) in [6, 6.07) is 3.72. The van der Waals surface area contributed by atoms with Gasteiger partial charge in [0.05, 0.1) is 5.69 Å². The van der Waals surface area contributed by atoms with Crippen LogP contribution >= 0.6 is 11.6 Å². The minimum absolute atomic E-state index is 0.396. The van der Waals surface area contributed by atoms with E-state index < -0.39 is 0 Å². The van der Waals surface area contributed by atoms with Gasteiger partial charge in [-0.25, -0.2) is 9.67 Å². The maximum atomic E-state index is 6.23. The van der Waals surface area contributed by atoms with Crippen LogP contribution in [0.5, 0.6) is 11.8 Å². The van der Waals surface area contributed by atoms with E-state index in [0.717, 1.165) is 24.3 Å². The normalized spacial score (nSPS) is 11.1. The lowest BCUT2D eigenvalue weighted by molar-refractivity contribution is 0.415. The van der Waals surface area contributed by atoms with Crippen LogP contribution < -0.4 is 10.1 Å². The van der Waals surface area contributed by atoms with Crippen molar-refractivity contribution in [3.63, 3.8) is 0 Å². The fourth-order valence-electron chi connectivity index (χ4n) is 1.92. The summed E-state index contributed by atoms with van der Waals surface area (Å²) in [5, 5.41) is 8.08. The molecule has 0 aliphatic carbocycles. The molecule has 0 aliphatic heterocycles. The molecule has 2 aromatic rings. The summed E-state index contributed by atoms with van der Waals surface area (Å²) in [6.45, 7) is 7.96. The molecule has 21 heavy (non-hydrogen) atoms. The van der Waals surface area contributed by atoms with Gasteiger partial charge in [-0.3, -0.25) is 0 Å². The van der Waals surface area contributed by atoms with Crippen molar-refractivity contribution in [3.8, 4) is 11.8 Å². The first-order valence-corrected chi connectivity index (χ1v) is 7.37. The monoisotopic (exact) mass is 308 g/mol. The van der Waals surface area contributed by atoms with Crippen LogP contribution in [0, 0.1) is 12.8 Å². The number of ether oxygens (including phenoxy) is 1. The molecule has 2 heterocycles. The average Bonchev–Trinajstić information content (AvgIpc) is 2.70. The van der Waals surface area contributed by atoms with Gasteiger partial charge in [-0.15, -0.1) is 0 Å². The highest BCUT2D eigenvalue weighted by atomic mass is 35.5. The second-order valence-corrected chi connectivity index (χ2v) is 5.91. The summed E-state index contributed by atoms with van der Waals surface area (Å²) >= 11 is 6.23. The molecule has 0 fully saturated rings. The number of hydrogen-bond donors (Lipinski definition) is 1. The molecule has 0 atom stereocenters. The second-order valence-electron chi connectivity index (χ2n) is 5.50. The molecule has 0 saturated heterocycles. The molecule has 0 saturated carbocycles. The van der Waals surface area contributed by atoms with Crippen LogP contribution in [0.25, 0.3) is 0 Å². The van der Waals surface area contributed by atoms with Crippen LogP contribution in [-0.4, -0.2) is 21.3 Å². The summed E-state index contributed by atoms with van der Waals surface area (Å²) in [5.74, 6) is 1.63. The Hall–Kier alpha value is -1.59. The quantitative estimate of drug-likeness (QED) is 0.889. The molecule has 0 unspecified atom stereocenters. The van der Waals surface area contributed by atoms with Crippen LogP contribution in [0.1, 0.15) is 25.1 Å². The smallest absolute Gasteiger partial charge is 0.240 e. The molecule has 2 aromatic heterocycles. The van der Waals surface area contributed by atoms with Crippen LogP contribution in [0.3, 0.4) is 0 Å². The van der Waals surface area contributed by atoms with Crippen LogP contribution in [0.4, 0.5) is 0 Å². The Labute approximate surface area is 130 Å². The second kappa shape index (κ2) is 6.91. The molecule has 0 aliphatic rings. The molecule has 0 bridgehead atoms. The van der Waals surface area contributed by atoms with E-state index in [-0.39, 0.29) is 0 Å². The predicted octanol–water partition coefficient (Wildman–Crippen LogP) is 3.31. The fourth-order valence-corrected chi connectivity index (χ4v) is 2.15. The maximum absolute atomic E-state index is 6.23. The first-order chi connectivity index (χ1) is 9.95. The lowest BCUT2D eigenvalue weighted by atomic mass is 10.2. The van der Waals surface area contributed by atoms with Crippen LogP contribution in [0.15, 0.2) is 18.3 Å². The highest BCUT2D eigenvalue weighted by Crippen LogP contribution is 2.27. The summed E-state index contributed by atoms with van der Waals surface area (Å²) in [4.78, 5) is 4.29. The van der Waals surface area contributed by atoms with Gasteiger partial charge in [0.25, 0.3) is 0 Å². The lowest BCUT2D eigenvalue weighted by Crippen LogP contribution is -2.19. The largest absolute Gasteiger partial charge is 0.419 e. The first kappa shape index (κ1) is 15.8. The van der Waals surface area contributed by atoms with Gasteiger partial charge in [0.2, 0.25) is 11.8 Å². The summed E-state index contributed by atoms with van der Waals surface area (Å²) < 4.78 is 7.35. The van der Waals surface area contributed by atoms with E-state index in [1.165, 1.54) is 0 Å². The van der Waals surface area contributed by atoms with E-state index >= 15 is 0 Å². The first-order valence-electron chi connectivity index (χ1n) is 6.99. The minimum Gasteiger partial charge on any atom is -0.419 e. The Morgan fingerprint density at radius 1 is 1.38 bits per heavy atom. The van der Waals surface area contributed by atoms with E-state index in [1.807, 2.05) is 26.1 Å². The number of pyridine rings is 1. The van der Waals surface area contributed by atoms with Gasteiger partial charge in [-0.1, -0.05) is 25.4 Å². The van der Waals surface area contributed by atoms with Crippen molar-refractivity contribution in [1.82, 2.24) is 20.1 Å². The van der Waals surface area contributed by atoms with Gasteiger partial charge in [0.15, 0.2) is 0 Å². The molecule has 0 radical (unpaired) electrons. The van der Waals surface area contributed by atoms with E-state index in [1.54, 1.807) is 10.9 Å². The summed E-state index contributed by atoms with van der Waals surface area (Å²) in [7, 11) is 1.82. The van der Waals surface area contributed by atoms with Crippen LogP contribution in [0.2, 0.25) is 5.02 Å². The Morgan fingerprint density at radius 3 is 2.71 bits per heavy atom. The number of nitrogens with one attached hydrogen (secondary N) is 1. The molecule has 2 rings (SSSR count). The van der Waals surface area contributed by atoms with E-state index in [2.05, 4.69) is 29.2 Å². The molecular formula is C15H21ClN4O. The number of rotatable bonds is 6. The Morgan fingerprint density at radius 2 is 2.14 bits per heavy atom. The third-order valence-electron chi connectivity index (χ3n) is 2.91. The topological polar surface area (TPSA) is 52.0 Å². The van der Waals surface area contributed by atoms with Gasteiger partial charge < -0.3 is 10.1 Å². The van der Waals surface area contributed by atoms with E-state index in [4.69, 9.17) is 16.3 Å². The summed E-state index contributed by atoms with van der Waals surface area (Å²) in [5.41, 5.74) is 1.92. The number of aryl methyl sites for hydroxylation is 2. The Bertz CT molecular complexity index is 610. The van der Waals surface area contributed by atoms with Crippen molar-refractivity contribution < 1.29 is 4.74 Å². The van der Waals surface area contributed by atoms with Crippen LogP contribution in [-0.2, 0) is 13.6 Å².